The van der Waals surface area contributed by atoms with Crippen LogP contribution in [0.5, 0.6) is 0 Å². The van der Waals surface area contributed by atoms with Gasteiger partial charge in [0.05, 0.1) is 23.6 Å². The highest BCUT2D eigenvalue weighted by Crippen LogP contribution is 2.44. The van der Waals surface area contributed by atoms with Gasteiger partial charge >= 0.3 is 0 Å². The number of hydrogen-bond acceptors (Lipinski definition) is 7. The molecular weight excluding hydrogens is 401 g/mol. The number of aromatic nitrogens is 2. The molecule has 1 aromatic carbocycles. The van der Waals surface area contributed by atoms with Crippen molar-refractivity contribution in [1.82, 2.24) is 9.97 Å². The summed E-state index contributed by atoms with van der Waals surface area (Å²) in [5, 5.41) is 31.7. The molecule has 0 fully saturated rings. The van der Waals surface area contributed by atoms with Gasteiger partial charge in [-0.3, -0.25) is 0 Å². The molecule has 1 aliphatic rings. The normalized spacial score (nSPS) is 17.1. The van der Waals surface area contributed by atoms with Gasteiger partial charge in [-0.05, 0) is 43.0 Å². The number of hydrogen-bond donors (Lipinski definition) is 2. The number of anilines is 1. The monoisotopic (exact) mass is 430 g/mol. The van der Waals surface area contributed by atoms with Crippen molar-refractivity contribution in [3.63, 3.8) is 0 Å². The Hall–Kier alpha value is -2.58. The maximum atomic E-state index is 14.2. The highest BCUT2D eigenvalue weighted by atomic mass is 19.1. The standard InChI is InChI=1S/C23H30FN3O4/c1-5-27(4)23-25-21(12(2)3)18-11-17(19(29)9-14(28)10-20(30)31)16-8-13(24)6-7-15(16)22(18)26-23/h6-8,12,14,17,19,28-29H,5,9-11H2,1-4H3,(H,30,31)/p-1/t14-,17?,19+/m1/s1. The van der Waals surface area contributed by atoms with Gasteiger partial charge in [0.25, 0.3) is 0 Å². The molecule has 0 spiro atoms. The average Bonchev–Trinajstić information content (AvgIpc) is 2.70. The van der Waals surface area contributed by atoms with Gasteiger partial charge in [0, 0.05) is 49.4 Å². The third-order valence-corrected chi connectivity index (χ3v) is 5.86. The van der Waals surface area contributed by atoms with E-state index in [1.165, 1.54) is 12.1 Å². The quantitative estimate of drug-likeness (QED) is 0.657. The van der Waals surface area contributed by atoms with Gasteiger partial charge in [-0.1, -0.05) is 13.8 Å². The number of aliphatic hydroxyl groups excluding tert-OH is 2. The number of rotatable bonds is 8. The molecule has 2 N–H and O–H groups in total. The Kier molecular flexibility index (Phi) is 6.91. The summed E-state index contributed by atoms with van der Waals surface area (Å²) in [4.78, 5) is 22.3. The van der Waals surface area contributed by atoms with Gasteiger partial charge in [-0.2, -0.15) is 0 Å². The lowest BCUT2D eigenvalue weighted by Crippen LogP contribution is -2.33. The van der Waals surface area contributed by atoms with E-state index in [1.807, 2.05) is 32.7 Å². The molecule has 2 aromatic rings. The van der Waals surface area contributed by atoms with E-state index in [9.17, 15) is 24.5 Å². The number of carbonyl (C=O) groups is 1. The highest BCUT2D eigenvalue weighted by Gasteiger charge is 2.34. The number of halogens is 1. The van der Waals surface area contributed by atoms with E-state index < -0.39 is 36.3 Å². The molecule has 3 rings (SSSR count). The molecule has 1 unspecified atom stereocenters. The zero-order chi connectivity index (χ0) is 22.9. The van der Waals surface area contributed by atoms with Crippen molar-refractivity contribution in [2.24, 2.45) is 0 Å². The maximum absolute atomic E-state index is 14.2. The van der Waals surface area contributed by atoms with Crippen LogP contribution >= 0.6 is 0 Å². The van der Waals surface area contributed by atoms with E-state index in [4.69, 9.17) is 9.97 Å². The van der Waals surface area contributed by atoms with E-state index >= 15 is 0 Å². The zero-order valence-electron chi connectivity index (χ0n) is 18.3. The molecule has 0 saturated carbocycles. The van der Waals surface area contributed by atoms with E-state index in [0.717, 1.165) is 29.1 Å². The summed E-state index contributed by atoms with van der Waals surface area (Å²) in [6.45, 7) is 6.80. The van der Waals surface area contributed by atoms with Crippen LogP contribution in [0, 0.1) is 5.82 Å². The summed E-state index contributed by atoms with van der Waals surface area (Å²) < 4.78 is 14.2. The summed E-state index contributed by atoms with van der Waals surface area (Å²) in [5.74, 6) is -1.65. The van der Waals surface area contributed by atoms with Gasteiger partial charge < -0.3 is 25.0 Å². The molecule has 0 bridgehead atoms. The Labute approximate surface area is 181 Å². The molecular formula is C23H29FN3O4-. The third kappa shape index (κ3) is 4.85. The molecule has 1 heterocycles. The van der Waals surface area contributed by atoms with Crippen molar-refractivity contribution < 1.29 is 24.5 Å². The van der Waals surface area contributed by atoms with Crippen molar-refractivity contribution in [1.29, 1.82) is 0 Å². The first-order chi connectivity index (χ1) is 14.6. The molecule has 8 heteroatoms. The summed E-state index contributed by atoms with van der Waals surface area (Å²) in [6, 6.07) is 4.41. The molecule has 1 aromatic heterocycles. The minimum Gasteiger partial charge on any atom is -0.550 e. The zero-order valence-corrected chi connectivity index (χ0v) is 18.3. The van der Waals surface area contributed by atoms with Crippen LogP contribution in [-0.2, 0) is 11.2 Å². The van der Waals surface area contributed by atoms with Crippen LogP contribution in [0.4, 0.5) is 10.3 Å². The van der Waals surface area contributed by atoms with Crippen molar-refractivity contribution in [2.75, 3.05) is 18.5 Å². The van der Waals surface area contributed by atoms with Crippen molar-refractivity contribution >= 4 is 11.9 Å². The largest absolute Gasteiger partial charge is 0.550 e. The van der Waals surface area contributed by atoms with Gasteiger partial charge in [0.2, 0.25) is 5.95 Å². The van der Waals surface area contributed by atoms with Crippen LogP contribution in [-0.4, -0.2) is 52.0 Å². The summed E-state index contributed by atoms with van der Waals surface area (Å²) >= 11 is 0. The van der Waals surface area contributed by atoms with Crippen molar-refractivity contribution in [3.05, 3.63) is 40.8 Å². The molecule has 7 nitrogen and oxygen atoms in total. The Morgan fingerprint density at radius 1 is 1.32 bits per heavy atom. The number of carbonyl (C=O) groups excluding carboxylic acids is 1. The first kappa shape index (κ1) is 23.1. The molecule has 0 radical (unpaired) electrons. The predicted octanol–water partition coefficient (Wildman–Crippen LogP) is 1.75. The van der Waals surface area contributed by atoms with Crippen LogP contribution in [0.25, 0.3) is 11.3 Å². The van der Waals surface area contributed by atoms with Gasteiger partial charge in [-0.15, -0.1) is 0 Å². The van der Waals surface area contributed by atoms with Crippen molar-refractivity contribution in [2.45, 2.75) is 64.1 Å². The Balaban J connectivity index is 2.10. The van der Waals surface area contributed by atoms with Crippen LogP contribution in [0.2, 0.25) is 0 Å². The molecule has 31 heavy (non-hydrogen) atoms. The van der Waals surface area contributed by atoms with Gasteiger partial charge in [-0.25, -0.2) is 14.4 Å². The fraction of sp³-hybridized carbons (Fsp3) is 0.522. The molecule has 1 aliphatic carbocycles. The molecule has 0 amide bonds. The second kappa shape index (κ2) is 9.28. The highest BCUT2D eigenvalue weighted by molar-refractivity contribution is 5.73. The molecule has 168 valence electrons. The smallest absolute Gasteiger partial charge is 0.225 e. The number of carboxylic acids is 1. The van der Waals surface area contributed by atoms with Crippen LogP contribution < -0.4 is 10.0 Å². The second-order valence-corrected chi connectivity index (χ2v) is 8.48. The molecule has 0 saturated heterocycles. The van der Waals surface area contributed by atoms with E-state index in [2.05, 4.69) is 0 Å². The molecule has 0 aliphatic heterocycles. The Morgan fingerprint density at radius 3 is 2.65 bits per heavy atom. The predicted molar refractivity (Wildman–Crippen MR) is 113 cm³/mol. The third-order valence-electron chi connectivity index (χ3n) is 5.86. The van der Waals surface area contributed by atoms with E-state index in [0.29, 0.717) is 17.9 Å². The average molecular weight is 431 g/mol. The Bertz CT molecular complexity index is 966. The van der Waals surface area contributed by atoms with Crippen LogP contribution in [0.3, 0.4) is 0 Å². The van der Waals surface area contributed by atoms with Crippen LogP contribution in [0.15, 0.2) is 18.2 Å². The number of aliphatic carboxylic acids is 1. The fourth-order valence-electron chi connectivity index (χ4n) is 4.15. The van der Waals surface area contributed by atoms with Crippen LogP contribution in [0.1, 0.15) is 62.3 Å². The lowest BCUT2D eigenvalue weighted by atomic mass is 9.75. The van der Waals surface area contributed by atoms with E-state index in [1.54, 1.807) is 6.07 Å². The number of fused-ring (bicyclic) bond motifs is 3. The van der Waals surface area contributed by atoms with Gasteiger partial charge in [0.15, 0.2) is 0 Å². The number of benzene rings is 1. The number of nitrogens with zero attached hydrogens (tertiary/aromatic N) is 3. The lowest BCUT2D eigenvalue weighted by Gasteiger charge is -2.33. The summed E-state index contributed by atoms with van der Waals surface area (Å²) in [5.41, 5.74) is 3.79. The van der Waals surface area contributed by atoms with E-state index in [-0.39, 0.29) is 12.3 Å². The topological polar surface area (TPSA) is 110 Å². The second-order valence-electron chi connectivity index (χ2n) is 8.48. The first-order valence-electron chi connectivity index (χ1n) is 10.6. The minimum absolute atomic E-state index is 0.101. The first-order valence-corrected chi connectivity index (χ1v) is 10.6. The lowest BCUT2D eigenvalue weighted by molar-refractivity contribution is -0.307. The number of aliphatic hydroxyl groups is 2. The fourth-order valence-corrected chi connectivity index (χ4v) is 4.15. The Morgan fingerprint density at radius 2 is 2.03 bits per heavy atom. The summed E-state index contributed by atoms with van der Waals surface area (Å²) in [7, 11) is 1.91. The minimum atomic E-state index is -1.39. The number of carboxylic acid groups (broad SMARTS) is 1. The SMILES string of the molecule is CCN(C)c1nc2c(c(C(C)C)n1)CC([C@@H](O)C[C@@H](O)CC(=O)[O-])c1cc(F)ccc1-2. The summed E-state index contributed by atoms with van der Waals surface area (Å²) in [6.07, 6.45) is -2.67. The molecule has 3 atom stereocenters. The van der Waals surface area contributed by atoms with Crippen molar-refractivity contribution in [3.8, 4) is 11.3 Å². The maximum Gasteiger partial charge on any atom is 0.225 e. The van der Waals surface area contributed by atoms with Gasteiger partial charge in [0.1, 0.15) is 5.82 Å².